The third-order valence-electron chi connectivity index (χ3n) is 4.22. The summed E-state index contributed by atoms with van der Waals surface area (Å²) >= 11 is 3.30. The first-order valence-corrected chi connectivity index (χ1v) is 8.02. The van der Waals surface area contributed by atoms with Crippen molar-refractivity contribution < 1.29 is 4.39 Å². The van der Waals surface area contributed by atoms with Crippen LogP contribution in [0.15, 0.2) is 22.7 Å². The Hall–Kier alpha value is -0.410. The Labute approximate surface area is 124 Å². The van der Waals surface area contributed by atoms with Crippen molar-refractivity contribution in [1.82, 2.24) is 4.90 Å². The Morgan fingerprint density at radius 2 is 2.11 bits per heavy atom. The number of halogens is 2. The monoisotopic (exact) mass is 327 g/mol. The largest absolute Gasteiger partial charge is 0.299 e. The van der Waals surface area contributed by atoms with Crippen molar-refractivity contribution >= 4 is 15.9 Å². The Morgan fingerprint density at radius 1 is 1.32 bits per heavy atom. The highest BCUT2D eigenvalue weighted by Crippen LogP contribution is 2.26. The Morgan fingerprint density at radius 3 is 2.79 bits per heavy atom. The van der Waals surface area contributed by atoms with Gasteiger partial charge in [0, 0.05) is 16.6 Å². The molecule has 2 rings (SSSR count). The van der Waals surface area contributed by atoms with E-state index in [2.05, 4.69) is 34.7 Å². The fraction of sp³-hybridized carbons (Fsp3) is 0.625. The van der Waals surface area contributed by atoms with Gasteiger partial charge in [-0.05, 0) is 56.3 Å². The van der Waals surface area contributed by atoms with Crippen molar-refractivity contribution in [2.24, 2.45) is 11.8 Å². The van der Waals surface area contributed by atoms with E-state index in [1.165, 1.54) is 19.3 Å². The molecule has 0 spiro atoms. The molecule has 1 aliphatic heterocycles. The van der Waals surface area contributed by atoms with Gasteiger partial charge < -0.3 is 0 Å². The first-order chi connectivity index (χ1) is 9.06. The summed E-state index contributed by atoms with van der Waals surface area (Å²) < 4.78 is 14.7. The molecule has 1 saturated heterocycles. The van der Waals surface area contributed by atoms with Gasteiger partial charge in [0.2, 0.25) is 0 Å². The van der Waals surface area contributed by atoms with Gasteiger partial charge in [-0.15, -0.1) is 0 Å². The van der Waals surface area contributed by atoms with E-state index in [1.54, 1.807) is 6.07 Å². The van der Waals surface area contributed by atoms with E-state index in [0.717, 1.165) is 41.5 Å². The van der Waals surface area contributed by atoms with Crippen LogP contribution in [-0.4, -0.2) is 18.0 Å². The molecule has 1 unspecified atom stereocenters. The van der Waals surface area contributed by atoms with Gasteiger partial charge in [-0.3, -0.25) is 4.90 Å². The standard InChI is InChI=1S/C16H23BrFN/c1-12(2)13-4-3-8-19(9-7-13)11-14-5-6-15(17)10-16(14)18/h5-6,10,12-13H,3-4,7-9,11H2,1-2H3. The molecule has 0 radical (unpaired) electrons. The molecule has 1 nitrogen and oxygen atoms in total. The third-order valence-corrected chi connectivity index (χ3v) is 4.71. The minimum absolute atomic E-state index is 0.0981. The number of nitrogens with zero attached hydrogens (tertiary/aromatic N) is 1. The first kappa shape index (κ1) is 15.0. The lowest BCUT2D eigenvalue weighted by Gasteiger charge is -2.21. The molecule has 3 heteroatoms. The number of benzene rings is 1. The topological polar surface area (TPSA) is 3.24 Å². The van der Waals surface area contributed by atoms with Crippen molar-refractivity contribution in [2.45, 2.75) is 39.7 Å². The molecule has 1 heterocycles. The lowest BCUT2D eigenvalue weighted by molar-refractivity contribution is 0.261. The maximum Gasteiger partial charge on any atom is 0.128 e. The zero-order valence-corrected chi connectivity index (χ0v) is 13.4. The van der Waals surface area contributed by atoms with E-state index in [-0.39, 0.29) is 5.82 Å². The van der Waals surface area contributed by atoms with E-state index < -0.39 is 0 Å². The predicted molar refractivity (Wildman–Crippen MR) is 81.6 cm³/mol. The highest BCUT2D eigenvalue weighted by molar-refractivity contribution is 9.10. The zero-order chi connectivity index (χ0) is 13.8. The van der Waals surface area contributed by atoms with Gasteiger partial charge in [-0.2, -0.15) is 0 Å². The van der Waals surface area contributed by atoms with Gasteiger partial charge in [0.05, 0.1) is 0 Å². The average molecular weight is 328 g/mol. The maximum atomic E-state index is 13.9. The summed E-state index contributed by atoms with van der Waals surface area (Å²) in [5.74, 6) is 1.50. The summed E-state index contributed by atoms with van der Waals surface area (Å²) in [5, 5.41) is 0. The highest BCUT2D eigenvalue weighted by Gasteiger charge is 2.20. The molecule has 0 N–H and O–H groups in total. The molecule has 1 aromatic carbocycles. The molecule has 0 bridgehead atoms. The van der Waals surface area contributed by atoms with Crippen LogP contribution in [0.25, 0.3) is 0 Å². The van der Waals surface area contributed by atoms with Gasteiger partial charge in [0.15, 0.2) is 0 Å². The molecule has 0 aromatic heterocycles. The van der Waals surface area contributed by atoms with Crippen molar-refractivity contribution in [3.05, 3.63) is 34.1 Å². The van der Waals surface area contributed by atoms with Gasteiger partial charge >= 0.3 is 0 Å². The van der Waals surface area contributed by atoms with E-state index >= 15 is 0 Å². The molecule has 1 atom stereocenters. The van der Waals surface area contributed by atoms with Crippen LogP contribution in [0, 0.1) is 17.7 Å². The van der Waals surface area contributed by atoms with E-state index in [9.17, 15) is 4.39 Å². The van der Waals surface area contributed by atoms with E-state index in [0.29, 0.717) is 0 Å². The Kier molecular flexibility index (Phi) is 5.40. The summed E-state index contributed by atoms with van der Waals surface area (Å²) in [4.78, 5) is 2.40. The SMILES string of the molecule is CC(C)C1CCCN(Cc2ccc(Br)cc2F)CC1. The van der Waals surface area contributed by atoms with Crippen molar-refractivity contribution in [1.29, 1.82) is 0 Å². The highest BCUT2D eigenvalue weighted by atomic mass is 79.9. The second-order valence-corrected chi connectivity index (χ2v) is 6.86. The van der Waals surface area contributed by atoms with Crippen LogP contribution in [0.1, 0.15) is 38.7 Å². The third kappa shape index (κ3) is 4.28. The normalized spacial score (nSPS) is 21.6. The van der Waals surface area contributed by atoms with Gasteiger partial charge in [-0.25, -0.2) is 4.39 Å². The summed E-state index contributed by atoms with van der Waals surface area (Å²) in [7, 11) is 0. The van der Waals surface area contributed by atoms with Gasteiger partial charge in [0.25, 0.3) is 0 Å². The minimum atomic E-state index is -0.0981. The summed E-state index contributed by atoms with van der Waals surface area (Å²) in [6.45, 7) is 7.56. The molecular weight excluding hydrogens is 305 g/mol. The number of hydrogen-bond acceptors (Lipinski definition) is 1. The minimum Gasteiger partial charge on any atom is -0.299 e. The van der Waals surface area contributed by atoms with Crippen LogP contribution in [-0.2, 0) is 6.54 Å². The molecule has 1 aromatic rings. The molecule has 106 valence electrons. The smallest absolute Gasteiger partial charge is 0.128 e. The summed E-state index contributed by atoms with van der Waals surface area (Å²) in [5.41, 5.74) is 0.811. The fourth-order valence-corrected chi connectivity index (χ4v) is 3.23. The van der Waals surface area contributed by atoms with Gasteiger partial charge in [0.1, 0.15) is 5.82 Å². The Bertz CT molecular complexity index is 419. The van der Waals surface area contributed by atoms with E-state index in [4.69, 9.17) is 0 Å². The molecule has 1 fully saturated rings. The lowest BCUT2D eigenvalue weighted by atomic mass is 9.89. The van der Waals surface area contributed by atoms with Crippen molar-refractivity contribution in [2.75, 3.05) is 13.1 Å². The molecule has 0 amide bonds. The maximum absolute atomic E-state index is 13.9. The van der Waals surface area contributed by atoms with E-state index in [1.807, 2.05) is 12.1 Å². The van der Waals surface area contributed by atoms with Crippen LogP contribution in [0.3, 0.4) is 0 Å². The van der Waals surface area contributed by atoms with Crippen LogP contribution >= 0.6 is 15.9 Å². The molecular formula is C16H23BrFN. The first-order valence-electron chi connectivity index (χ1n) is 7.22. The van der Waals surface area contributed by atoms with Crippen LogP contribution in [0.5, 0.6) is 0 Å². The van der Waals surface area contributed by atoms with Crippen LogP contribution in [0.2, 0.25) is 0 Å². The van der Waals surface area contributed by atoms with Crippen molar-refractivity contribution in [3.8, 4) is 0 Å². The zero-order valence-electron chi connectivity index (χ0n) is 11.8. The number of hydrogen-bond donors (Lipinski definition) is 0. The fourth-order valence-electron chi connectivity index (χ4n) is 2.90. The second-order valence-electron chi connectivity index (χ2n) is 5.95. The van der Waals surface area contributed by atoms with Crippen LogP contribution < -0.4 is 0 Å². The second kappa shape index (κ2) is 6.85. The summed E-state index contributed by atoms with van der Waals surface area (Å²) in [6.07, 6.45) is 3.80. The number of likely N-dealkylation sites (tertiary alicyclic amines) is 1. The number of rotatable bonds is 3. The lowest BCUT2D eigenvalue weighted by Crippen LogP contribution is -2.25. The quantitative estimate of drug-likeness (QED) is 0.767. The molecule has 1 aliphatic rings. The van der Waals surface area contributed by atoms with Crippen molar-refractivity contribution in [3.63, 3.8) is 0 Å². The average Bonchev–Trinajstić information content (AvgIpc) is 2.58. The predicted octanol–water partition coefficient (Wildman–Crippen LogP) is 4.85. The van der Waals surface area contributed by atoms with Gasteiger partial charge in [-0.1, -0.05) is 35.8 Å². The molecule has 0 saturated carbocycles. The Balaban J connectivity index is 1.96. The summed E-state index contributed by atoms with van der Waals surface area (Å²) in [6, 6.07) is 5.38. The molecule has 0 aliphatic carbocycles. The van der Waals surface area contributed by atoms with Crippen LogP contribution in [0.4, 0.5) is 4.39 Å². The molecule has 19 heavy (non-hydrogen) atoms.